The summed E-state index contributed by atoms with van der Waals surface area (Å²) in [6.07, 6.45) is 3.13. The van der Waals surface area contributed by atoms with E-state index in [-0.39, 0.29) is 18.3 Å². The molecular formula is C16H20FN3O4. The third-order valence-electron chi connectivity index (χ3n) is 4.99. The summed E-state index contributed by atoms with van der Waals surface area (Å²) in [6.45, 7) is 3.29. The Morgan fingerprint density at radius 2 is 2.12 bits per heavy atom. The zero-order chi connectivity index (χ0) is 17.2. The van der Waals surface area contributed by atoms with E-state index in [2.05, 4.69) is 5.32 Å². The molecular weight excluding hydrogens is 317 g/mol. The average Bonchev–Trinajstić information content (AvgIpc) is 3.01. The molecule has 1 aromatic carbocycles. The van der Waals surface area contributed by atoms with E-state index in [0.717, 1.165) is 44.5 Å². The monoisotopic (exact) mass is 337 g/mol. The van der Waals surface area contributed by atoms with Crippen molar-refractivity contribution in [2.75, 3.05) is 32.8 Å². The van der Waals surface area contributed by atoms with Gasteiger partial charge in [-0.25, -0.2) is 0 Å². The molecule has 3 rings (SSSR count). The van der Waals surface area contributed by atoms with Gasteiger partial charge in [0.15, 0.2) is 6.61 Å². The minimum atomic E-state index is -0.974. The maximum atomic E-state index is 13.5. The topological polar surface area (TPSA) is 84.7 Å². The Bertz CT molecular complexity index is 636. The van der Waals surface area contributed by atoms with Crippen LogP contribution in [0.3, 0.4) is 0 Å². The lowest BCUT2D eigenvalue weighted by Gasteiger charge is -2.38. The number of piperidine rings is 1. The van der Waals surface area contributed by atoms with Gasteiger partial charge in [-0.2, -0.15) is 4.39 Å². The molecule has 0 radical (unpaired) electrons. The third-order valence-corrected chi connectivity index (χ3v) is 4.99. The molecule has 1 aromatic rings. The number of hydrogen-bond acceptors (Lipinski definition) is 5. The number of halogens is 1. The molecule has 2 heterocycles. The van der Waals surface area contributed by atoms with Crippen molar-refractivity contribution in [1.29, 1.82) is 0 Å². The quantitative estimate of drug-likeness (QED) is 0.668. The summed E-state index contributed by atoms with van der Waals surface area (Å²) < 4.78 is 18.8. The second-order valence-electron chi connectivity index (χ2n) is 6.47. The van der Waals surface area contributed by atoms with Gasteiger partial charge in [0.05, 0.1) is 4.92 Å². The van der Waals surface area contributed by atoms with Crippen molar-refractivity contribution in [2.45, 2.75) is 19.3 Å². The summed E-state index contributed by atoms with van der Waals surface area (Å²) in [5.74, 6) is -1.01. The lowest BCUT2D eigenvalue weighted by atomic mass is 9.78. The van der Waals surface area contributed by atoms with E-state index in [1.807, 2.05) is 0 Å². The van der Waals surface area contributed by atoms with Crippen molar-refractivity contribution in [3.05, 3.63) is 34.1 Å². The fourth-order valence-corrected chi connectivity index (χ4v) is 3.41. The number of nitrogens with one attached hydrogen (secondary N) is 1. The van der Waals surface area contributed by atoms with E-state index in [1.165, 1.54) is 6.07 Å². The van der Waals surface area contributed by atoms with E-state index in [1.54, 1.807) is 4.90 Å². The first-order valence-corrected chi connectivity index (χ1v) is 8.04. The van der Waals surface area contributed by atoms with Gasteiger partial charge in [-0.1, -0.05) is 0 Å². The molecule has 24 heavy (non-hydrogen) atoms. The Labute approximate surface area is 138 Å². The number of nitrogens with zero attached hydrogens (tertiary/aromatic N) is 2. The molecule has 2 saturated heterocycles. The largest absolute Gasteiger partial charge is 0.484 e. The SMILES string of the molecule is O=C(COc1ccc([N+](=O)[O-])c(F)c1)N1CCC2(CCNC2)CC1. The smallest absolute Gasteiger partial charge is 0.305 e. The number of benzene rings is 1. The van der Waals surface area contributed by atoms with Crippen molar-refractivity contribution in [1.82, 2.24) is 10.2 Å². The van der Waals surface area contributed by atoms with Crippen LogP contribution in [0.5, 0.6) is 5.75 Å². The molecule has 0 atom stereocenters. The summed E-state index contributed by atoms with van der Waals surface area (Å²) in [6, 6.07) is 3.26. The van der Waals surface area contributed by atoms with Gasteiger partial charge in [0, 0.05) is 31.8 Å². The number of carbonyl (C=O) groups excluding carboxylic acids is 1. The summed E-state index contributed by atoms with van der Waals surface area (Å²) in [7, 11) is 0. The zero-order valence-electron chi connectivity index (χ0n) is 13.3. The number of likely N-dealkylation sites (tertiary alicyclic amines) is 1. The molecule has 1 spiro atoms. The highest BCUT2D eigenvalue weighted by Crippen LogP contribution is 2.36. The van der Waals surface area contributed by atoms with Gasteiger partial charge in [0.1, 0.15) is 5.75 Å². The van der Waals surface area contributed by atoms with Gasteiger partial charge in [-0.05, 0) is 37.3 Å². The van der Waals surface area contributed by atoms with E-state index in [9.17, 15) is 19.3 Å². The van der Waals surface area contributed by atoms with Crippen molar-refractivity contribution in [2.24, 2.45) is 5.41 Å². The first kappa shape index (κ1) is 16.6. The number of ether oxygens (including phenoxy) is 1. The Kier molecular flexibility index (Phi) is 4.66. The molecule has 1 amide bonds. The van der Waals surface area contributed by atoms with Crippen LogP contribution in [0.2, 0.25) is 0 Å². The molecule has 0 unspecified atom stereocenters. The number of rotatable bonds is 4. The molecule has 8 heteroatoms. The van der Waals surface area contributed by atoms with Gasteiger partial charge in [-0.3, -0.25) is 14.9 Å². The summed E-state index contributed by atoms with van der Waals surface area (Å²) >= 11 is 0. The molecule has 2 aliphatic rings. The molecule has 7 nitrogen and oxygen atoms in total. The average molecular weight is 337 g/mol. The predicted octanol–water partition coefficient (Wildman–Crippen LogP) is 1.71. The van der Waals surface area contributed by atoms with Crippen molar-refractivity contribution >= 4 is 11.6 Å². The van der Waals surface area contributed by atoms with Crippen molar-refractivity contribution in [3.8, 4) is 5.75 Å². The minimum absolute atomic E-state index is 0.111. The van der Waals surface area contributed by atoms with Crippen LogP contribution in [0.4, 0.5) is 10.1 Å². The molecule has 0 aliphatic carbocycles. The summed E-state index contributed by atoms with van der Waals surface area (Å²) in [4.78, 5) is 23.8. The van der Waals surface area contributed by atoms with Gasteiger partial charge in [0.25, 0.3) is 5.91 Å². The second kappa shape index (κ2) is 6.72. The van der Waals surface area contributed by atoms with E-state index in [0.29, 0.717) is 18.5 Å². The third kappa shape index (κ3) is 3.48. The van der Waals surface area contributed by atoms with Crippen LogP contribution in [0.25, 0.3) is 0 Å². The van der Waals surface area contributed by atoms with Crippen molar-refractivity contribution in [3.63, 3.8) is 0 Å². The Morgan fingerprint density at radius 1 is 1.38 bits per heavy atom. The standard InChI is InChI=1S/C16H20FN3O4/c17-13-9-12(1-2-14(13)20(22)23)24-10-15(21)19-7-4-16(5-8-19)3-6-18-11-16/h1-2,9,18H,3-8,10-11H2. The minimum Gasteiger partial charge on any atom is -0.484 e. The molecule has 2 fully saturated rings. The van der Waals surface area contributed by atoms with Gasteiger partial charge in [0.2, 0.25) is 5.82 Å². The van der Waals surface area contributed by atoms with E-state index in [4.69, 9.17) is 4.74 Å². The van der Waals surface area contributed by atoms with Crippen LogP contribution in [0.1, 0.15) is 19.3 Å². The molecule has 2 aliphatic heterocycles. The highest BCUT2D eigenvalue weighted by atomic mass is 19.1. The van der Waals surface area contributed by atoms with Crippen LogP contribution in [-0.4, -0.2) is 48.5 Å². The lowest BCUT2D eigenvalue weighted by molar-refractivity contribution is -0.387. The molecule has 0 saturated carbocycles. The summed E-state index contributed by atoms with van der Waals surface area (Å²) in [5, 5.41) is 14.0. The maximum absolute atomic E-state index is 13.5. The zero-order valence-corrected chi connectivity index (χ0v) is 13.3. The van der Waals surface area contributed by atoms with Crippen LogP contribution in [0.15, 0.2) is 18.2 Å². The van der Waals surface area contributed by atoms with Crippen LogP contribution in [-0.2, 0) is 4.79 Å². The number of amides is 1. The number of carbonyl (C=O) groups is 1. The molecule has 0 aromatic heterocycles. The molecule has 1 N–H and O–H groups in total. The highest BCUT2D eigenvalue weighted by molar-refractivity contribution is 5.77. The van der Waals surface area contributed by atoms with Crippen LogP contribution >= 0.6 is 0 Å². The van der Waals surface area contributed by atoms with Crippen LogP contribution < -0.4 is 10.1 Å². The normalized spacial score (nSPS) is 19.5. The number of nitro benzene ring substituents is 1. The maximum Gasteiger partial charge on any atom is 0.305 e. The lowest BCUT2D eigenvalue weighted by Crippen LogP contribution is -2.45. The van der Waals surface area contributed by atoms with Gasteiger partial charge >= 0.3 is 5.69 Å². The molecule has 0 bridgehead atoms. The Morgan fingerprint density at radius 3 is 2.71 bits per heavy atom. The molecule has 130 valence electrons. The van der Waals surface area contributed by atoms with Gasteiger partial charge < -0.3 is 15.0 Å². The number of nitro groups is 1. The fourth-order valence-electron chi connectivity index (χ4n) is 3.41. The first-order chi connectivity index (χ1) is 11.5. The highest BCUT2D eigenvalue weighted by Gasteiger charge is 2.38. The second-order valence-corrected chi connectivity index (χ2v) is 6.47. The predicted molar refractivity (Wildman–Crippen MR) is 84.3 cm³/mol. The van der Waals surface area contributed by atoms with E-state index >= 15 is 0 Å². The Hall–Kier alpha value is -2.22. The summed E-state index contributed by atoms with van der Waals surface area (Å²) in [5.41, 5.74) is -0.278. The number of hydrogen-bond donors (Lipinski definition) is 1. The van der Waals surface area contributed by atoms with Crippen LogP contribution in [0, 0.1) is 21.3 Å². The first-order valence-electron chi connectivity index (χ1n) is 8.04. The Balaban J connectivity index is 1.51. The fraction of sp³-hybridized carbons (Fsp3) is 0.562. The van der Waals surface area contributed by atoms with E-state index < -0.39 is 16.4 Å². The van der Waals surface area contributed by atoms with Crippen molar-refractivity contribution < 1.29 is 18.8 Å². The van der Waals surface area contributed by atoms with Gasteiger partial charge in [-0.15, -0.1) is 0 Å².